The van der Waals surface area contributed by atoms with E-state index in [2.05, 4.69) is 44.8 Å². The molecule has 2 rings (SSSR count). The number of amides is 1. The number of para-hydroxylation sites is 1. The SMILES string of the molecule is CCC(C)(C)NC(=O)C(C)Sc1nc2ccccc2c(=O)n1CCN(C(C)C)C(C)C. The van der Waals surface area contributed by atoms with Crippen molar-refractivity contribution < 1.29 is 4.79 Å². The summed E-state index contributed by atoms with van der Waals surface area (Å²) in [7, 11) is 0. The highest BCUT2D eigenvalue weighted by atomic mass is 32.2. The van der Waals surface area contributed by atoms with Crippen LogP contribution in [-0.4, -0.2) is 49.8 Å². The molecule has 0 fully saturated rings. The molecule has 0 radical (unpaired) electrons. The molecule has 0 saturated carbocycles. The molecule has 0 saturated heterocycles. The highest BCUT2D eigenvalue weighted by molar-refractivity contribution is 8.00. The van der Waals surface area contributed by atoms with E-state index < -0.39 is 0 Å². The zero-order valence-electron chi connectivity index (χ0n) is 20.2. The lowest BCUT2D eigenvalue weighted by molar-refractivity contribution is -0.121. The van der Waals surface area contributed by atoms with E-state index in [0.717, 1.165) is 13.0 Å². The van der Waals surface area contributed by atoms with E-state index >= 15 is 0 Å². The number of hydrogen-bond acceptors (Lipinski definition) is 5. The van der Waals surface area contributed by atoms with Crippen LogP contribution in [0.15, 0.2) is 34.2 Å². The van der Waals surface area contributed by atoms with Crippen LogP contribution in [-0.2, 0) is 11.3 Å². The standard InChI is InChI=1S/C24H38N4O2S/c1-9-24(7,8)26-21(29)18(6)31-23-25-20-13-11-10-12-19(20)22(30)28(23)15-14-27(16(2)3)17(4)5/h10-13,16-18H,9,14-15H2,1-8H3,(H,26,29). The van der Waals surface area contributed by atoms with E-state index in [1.807, 2.05) is 45.0 Å². The summed E-state index contributed by atoms with van der Waals surface area (Å²) < 4.78 is 1.74. The lowest BCUT2D eigenvalue weighted by Gasteiger charge is -2.31. The van der Waals surface area contributed by atoms with Gasteiger partial charge in [-0.1, -0.05) is 30.8 Å². The van der Waals surface area contributed by atoms with Gasteiger partial charge in [-0.3, -0.25) is 19.1 Å². The Morgan fingerprint density at radius 1 is 1.16 bits per heavy atom. The van der Waals surface area contributed by atoms with Gasteiger partial charge < -0.3 is 5.32 Å². The van der Waals surface area contributed by atoms with Gasteiger partial charge in [0.2, 0.25) is 5.91 Å². The third-order valence-corrected chi connectivity index (χ3v) is 6.82. The lowest BCUT2D eigenvalue weighted by atomic mass is 10.0. The average Bonchev–Trinajstić information content (AvgIpc) is 2.69. The van der Waals surface area contributed by atoms with E-state index in [4.69, 9.17) is 4.98 Å². The maximum absolute atomic E-state index is 13.3. The van der Waals surface area contributed by atoms with Gasteiger partial charge in [0, 0.05) is 30.7 Å². The van der Waals surface area contributed by atoms with Crippen molar-refractivity contribution in [3.63, 3.8) is 0 Å². The minimum absolute atomic E-state index is 0.0446. The fraction of sp³-hybridized carbons (Fsp3) is 0.625. The number of fused-ring (bicyclic) bond motifs is 1. The van der Waals surface area contributed by atoms with Crippen molar-refractivity contribution in [2.45, 2.75) is 96.4 Å². The molecule has 1 heterocycles. The molecule has 0 aliphatic carbocycles. The van der Waals surface area contributed by atoms with Crippen LogP contribution in [0.2, 0.25) is 0 Å². The van der Waals surface area contributed by atoms with Gasteiger partial charge in [-0.25, -0.2) is 4.98 Å². The van der Waals surface area contributed by atoms with Crippen molar-refractivity contribution in [1.29, 1.82) is 0 Å². The molecule has 6 nitrogen and oxygen atoms in total. The topological polar surface area (TPSA) is 67.2 Å². The summed E-state index contributed by atoms with van der Waals surface area (Å²) in [6, 6.07) is 8.16. The Morgan fingerprint density at radius 2 is 1.77 bits per heavy atom. The van der Waals surface area contributed by atoms with Crippen molar-refractivity contribution in [2.24, 2.45) is 0 Å². The molecule has 0 aliphatic heterocycles. The summed E-state index contributed by atoms with van der Waals surface area (Å²) in [5, 5.41) is 3.93. The van der Waals surface area contributed by atoms with E-state index in [1.165, 1.54) is 11.8 Å². The summed E-state index contributed by atoms with van der Waals surface area (Å²) in [5.74, 6) is -0.0446. The summed E-state index contributed by atoms with van der Waals surface area (Å²) in [4.78, 5) is 33.2. The quantitative estimate of drug-likeness (QED) is 0.435. The Kier molecular flexibility index (Phi) is 8.72. The van der Waals surface area contributed by atoms with Crippen LogP contribution in [0.1, 0.15) is 61.8 Å². The predicted octanol–water partition coefficient (Wildman–Crippen LogP) is 4.30. The zero-order valence-corrected chi connectivity index (χ0v) is 21.0. The van der Waals surface area contributed by atoms with Gasteiger partial charge in [-0.2, -0.15) is 0 Å². The number of nitrogens with one attached hydrogen (secondary N) is 1. The third-order valence-electron chi connectivity index (χ3n) is 5.73. The van der Waals surface area contributed by atoms with Crippen LogP contribution >= 0.6 is 11.8 Å². The monoisotopic (exact) mass is 446 g/mol. The van der Waals surface area contributed by atoms with Crippen molar-refractivity contribution in [3.8, 4) is 0 Å². The molecular formula is C24H38N4O2S. The number of thioether (sulfide) groups is 1. The largest absolute Gasteiger partial charge is 0.350 e. The summed E-state index contributed by atoms with van der Waals surface area (Å²) >= 11 is 1.35. The summed E-state index contributed by atoms with van der Waals surface area (Å²) in [6.07, 6.45) is 0.843. The second-order valence-corrected chi connectivity index (χ2v) is 10.6. The Balaban J connectivity index is 2.38. The minimum atomic E-state index is -0.364. The maximum atomic E-state index is 13.3. The van der Waals surface area contributed by atoms with Gasteiger partial charge in [0.15, 0.2) is 5.16 Å². The number of carbonyl (C=O) groups is 1. The van der Waals surface area contributed by atoms with Gasteiger partial charge in [0.1, 0.15) is 0 Å². The molecule has 2 aromatic rings. The molecule has 0 bridgehead atoms. The van der Waals surface area contributed by atoms with Crippen molar-refractivity contribution in [3.05, 3.63) is 34.6 Å². The van der Waals surface area contributed by atoms with Crippen LogP contribution in [0.25, 0.3) is 10.9 Å². The normalized spacial score (nSPS) is 13.4. The Labute approximate surface area is 190 Å². The van der Waals surface area contributed by atoms with E-state index in [1.54, 1.807) is 4.57 Å². The Morgan fingerprint density at radius 3 is 2.35 bits per heavy atom. The molecule has 1 aromatic heterocycles. The molecule has 1 amide bonds. The highest BCUT2D eigenvalue weighted by Gasteiger charge is 2.25. The Hall–Kier alpha value is -1.86. The maximum Gasteiger partial charge on any atom is 0.262 e. The second kappa shape index (κ2) is 10.6. The summed E-state index contributed by atoms with van der Waals surface area (Å²) in [6.45, 7) is 17.9. The Bertz CT molecular complexity index is 944. The van der Waals surface area contributed by atoms with Crippen molar-refractivity contribution in [1.82, 2.24) is 19.8 Å². The number of rotatable bonds is 10. The first-order valence-corrected chi connectivity index (χ1v) is 12.1. The van der Waals surface area contributed by atoms with Crippen LogP contribution in [0.4, 0.5) is 0 Å². The van der Waals surface area contributed by atoms with E-state index in [-0.39, 0.29) is 22.3 Å². The fourth-order valence-corrected chi connectivity index (χ4v) is 4.43. The zero-order chi connectivity index (χ0) is 23.3. The number of aromatic nitrogens is 2. The molecule has 1 N–H and O–H groups in total. The van der Waals surface area contributed by atoms with Crippen LogP contribution in [0.5, 0.6) is 0 Å². The summed E-state index contributed by atoms with van der Waals surface area (Å²) in [5.41, 5.74) is 0.344. The molecule has 7 heteroatoms. The molecule has 1 unspecified atom stereocenters. The lowest BCUT2D eigenvalue weighted by Crippen LogP contribution is -2.46. The van der Waals surface area contributed by atoms with Gasteiger partial charge in [0.25, 0.3) is 5.56 Å². The molecule has 1 atom stereocenters. The van der Waals surface area contributed by atoms with Gasteiger partial charge >= 0.3 is 0 Å². The average molecular weight is 447 g/mol. The van der Waals surface area contributed by atoms with E-state index in [9.17, 15) is 9.59 Å². The first kappa shape index (κ1) is 25.4. The second-order valence-electron chi connectivity index (χ2n) is 9.28. The first-order valence-electron chi connectivity index (χ1n) is 11.2. The predicted molar refractivity (Wildman–Crippen MR) is 131 cm³/mol. The van der Waals surface area contributed by atoms with E-state index in [0.29, 0.717) is 34.7 Å². The number of nitrogens with zero attached hydrogens (tertiary/aromatic N) is 3. The van der Waals surface area contributed by atoms with Crippen LogP contribution in [0.3, 0.4) is 0 Å². The van der Waals surface area contributed by atoms with Gasteiger partial charge in [-0.05, 0) is 67.0 Å². The number of benzene rings is 1. The number of carbonyl (C=O) groups excluding carboxylic acids is 1. The van der Waals surface area contributed by atoms with Crippen molar-refractivity contribution in [2.75, 3.05) is 6.54 Å². The van der Waals surface area contributed by atoms with Gasteiger partial charge in [-0.15, -0.1) is 0 Å². The van der Waals surface area contributed by atoms with Crippen molar-refractivity contribution >= 4 is 28.6 Å². The third kappa shape index (κ3) is 6.56. The smallest absolute Gasteiger partial charge is 0.262 e. The molecule has 0 aliphatic rings. The molecular weight excluding hydrogens is 408 g/mol. The molecule has 1 aromatic carbocycles. The minimum Gasteiger partial charge on any atom is -0.350 e. The van der Waals surface area contributed by atoms with Gasteiger partial charge in [0.05, 0.1) is 16.2 Å². The fourth-order valence-electron chi connectivity index (χ4n) is 3.50. The first-order chi connectivity index (χ1) is 14.5. The highest BCUT2D eigenvalue weighted by Crippen LogP contribution is 2.24. The molecule has 0 spiro atoms. The molecule has 31 heavy (non-hydrogen) atoms. The van der Waals surface area contributed by atoms with Crippen LogP contribution < -0.4 is 10.9 Å². The van der Waals surface area contributed by atoms with Crippen LogP contribution in [0, 0.1) is 0 Å². The number of hydrogen-bond donors (Lipinski definition) is 1. The molecule has 172 valence electrons.